The van der Waals surface area contributed by atoms with Crippen molar-refractivity contribution in [1.82, 2.24) is 0 Å². The molecule has 2 rings (SSSR count). The summed E-state index contributed by atoms with van der Waals surface area (Å²) in [5.74, 6) is 0. The summed E-state index contributed by atoms with van der Waals surface area (Å²) in [5.41, 5.74) is 2.24. The van der Waals surface area contributed by atoms with E-state index in [4.69, 9.17) is 23.2 Å². The van der Waals surface area contributed by atoms with Crippen LogP contribution in [0, 0.1) is 3.57 Å². The number of alkyl halides is 1. The lowest BCUT2D eigenvalue weighted by Gasteiger charge is -2.14. The third-order valence-corrected chi connectivity index (χ3v) is 5.62. The Balaban J connectivity index is 2.44. The second-order valence-corrected chi connectivity index (χ2v) is 7.53. The SMILES string of the molecule is Clc1ccc(C(Br)c2cc(I)ccc2Br)cc1Cl. The van der Waals surface area contributed by atoms with E-state index >= 15 is 0 Å². The average Bonchev–Trinajstić information content (AvgIpc) is 2.35. The maximum atomic E-state index is 6.05. The number of halogens is 5. The van der Waals surface area contributed by atoms with Gasteiger partial charge in [0.1, 0.15) is 0 Å². The Morgan fingerprint density at radius 2 is 1.72 bits per heavy atom. The Bertz CT molecular complexity index is 587. The highest BCUT2D eigenvalue weighted by Crippen LogP contribution is 2.38. The van der Waals surface area contributed by atoms with Gasteiger partial charge in [-0.05, 0) is 64.0 Å². The van der Waals surface area contributed by atoms with Gasteiger partial charge in [-0.2, -0.15) is 0 Å². The van der Waals surface area contributed by atoms with Crippen LogP contribution in [0.5, 0.6) is 0 Å². The molecule has 0 bridgehead atoms. The molecule has 18 heavy (non-hydrogen) atoms. The molecule has 0 heterocycles. The van der Waals surface area contributed by atoms with Crippen LogP contribution >= 0.6 is 77.7 Å². The van der Waals surface area contributed by atoms with Crippen LogP contribution in [0.3, 0.4) is 0 Å². The zero-order valence-electron chi connectivity index (χ0n) is 8.93. The van der Waals surface area contributed by atoms with Gasteiger partial charge >= 0.3 is 0 Å². The fourth-order valence-electron chi connectivity index (χ4n) is 1.56. The van der Waals surface area contributed by atoms with Gasteiger partial charge < -0.3 is 0 Å². The molecule has 94 valence electrons. The molecular weight excluding hydrogens is 514 g/mol. The van der Waals surface area contributed by atoms with E-state index in [1.165, 1.54) is 9.13 Å². The molecule has 0 aromatic heterocycles. The molecule has 0 nitrogen and oxygen atoms in total. The van der Waals surface area contributed by atoms with Crippen molar-refractivity contribution in [2.24, 2.45) is 0 Å². The third-order valence-electron chi connectivity index (χ3n) is 2.47. The van der Waals surface area contributed by atoms with Gasteiger partial charge in [0.25, 0.3) is 0 Å². The summed E-state index contributed by atoms with van der Waals surface area (Å²) in [5, 5.41) is 1.14. The van der Waals surface area contributed by atoms with E-state index in [1.807, 2.05) is 24.3 Å². The molecule has 5 heteroatoms. The average molecular weight is 521 g/mol. The zero-order chi connectivity index (χ0) is 13.3. The van der Waals surface area contributed by atoms with Crippen molar-refractivity contribution in [1.29, 1.82) is 0 Å². The molecular formula is C13H7Br2Cl2I. The van der Waals surface area contributed by atoms with Crippen LogP contribution in [0.4, 0.5) is 0 Å². The Labute approximate surface area is 146 Å². The Morgan fingerprint density at radius 1 is 1.00 bits per heavy atom. The van der Waals surface area contributed by atoms with Crippen molar-refractivity contribution >= 4 is 77.7 Å². The first-order chi connectivity index (χ1) is 8.49. The molecule has 0 saturated heterocycles. The Morgan fingerprint density at radius 3 is 2.39 bits per heavy atom. The predicted octanol–water partition coefficient (Wildman–Crippen LogP) is 6.84. The zero-order valence-corrected chi connectivity index (χ0v) is 15.8. The third kappa shape index (κ3) is 3.42. The molecule has 2 aromatic carbocycles. The van der Waals surface area contributed by atoms with Gasteiger partial charge in [0.05, 0.1) is 14.9 Å². The maximum Gasteiger partial charge on any atom is 0.0656 e. The van der Waals surface area contributed by atoms with E-state index in [-0.39, 0.29) is 4.83 Å². The van der Waals surface area contributed by atoms with Gasteiger partial charge in [0, 0.05) is 8.04 Å². The van der Waals surface area contributed by atoms with Crippen molar-refractivity contribution in [3.63, 3.8) is 0 Å². The lowest BCUT2D eigenvalue weighted by atomic mass is 10.1. The second kappa shape index (κ2) is 6.44. The van der Waals surface area contributed by atoms with Crippen molar-refractivity contribution in [3.8, 4) is 0 Å². The highest BCUT2D eigenvalue weighted by molar-refractivity contribution is 14.1. The van der Waals surface area contributed by atoms with E-state index in [1.54, 1.807) is 0 Å². The summed E-state index contributed by atoms with van der Waals surface area (Å²) in [7, 11) is 0. The lowest BCUT2D eigenvalue weighted by molar-refractivity contribution is 1.16. The summed E-state index contributed by atoms with van der Waals surface area (Å²) in [6, 6.07) is 11.9. The lowest BCUT2D eigenvalue weighted by Crippen LogP contribution is -1.95. The van der Waals surface area contributed by atoms with E-state index in [9.17, 15) is 0 Å². The molecule has 0 aliphatic heterocycles. The fourth-order valence-corrected chi connectivity index (χ4v) is 3.83. The van der Waals surface area contributed by atoms with Crippen LogP contribution < -0.4 is 0 Å². The van der Waals surface area contributed by atoms with Crippen LogP contribution in [0.25, 0.3) is 0 Å². The molecule has 0 aliphatic carbocycles. The van der Waals surface area contributed by atoms with Gasteiger partial charge in [-0.25, -0.2) is 0 Å². The summed E-state index contributed by atoms with van der Waals surface area (Å²) < 4.78 is 2.26. The van der Waals surface area contributed by atoms with Gasteiger partial charge in [-0.3, -0.25) is 0 Å². The van der Waals surface area contributed by atoms with Crippen LogP contribution in [-0.4, -0.2) is 0 Å². The van der Waals surface area contributed by atoms with Crippen molar-refractivity contribution in [3.05, 3.63) is 65.6 Å². The summed E-state index contributed by atoms with van der Waals surface area (Å²) >= 11 is 21.6. The summed E-state index contributed by atoms with van der Waals surface area (Å²) in [6.45, 7) is 0. The van der Waals surface area contributed by atoms with Crippen LogP contribution in [0.15, 0.2) is 40.9 Å². The van der Waals surface area contributed by atoms with E-state index < -0.39 is 0 Å². The van der Waals surface area contributed by atoms with Crippen molar-refractivity contribution in [2.45, 2.75) is 4.83 Å². The van der Waals surface area contributed by atoms with Crippen LogP contribution in [0.2, 0.25) is 10.0 Å². The van der Waals surface area contributed by atoms with E-state index in [0.29, 0.717) is 10.0 Å². The van der Waals surface area contributed by atoms with Gasteiger partial charge in [0.15, 0.2) is 0 Å². The minimum Gasteiger partial charge on any atom is -0.0827 e. The number of hydrogen-bond donors (Lipinski definition) is 0. The van der Waals surface area contributed by atoms with E-state index in [2.05, 4.69) is 66.6 Å². The topological polar surface area (TPSA) is 0 Å². The first-order valence-corrected chi connectivity index (χ1v) is 8.57. The Hall–Kier alpha value is 0.710. The number of hydrogen-bond acceptors (Lipinski definition) is 0. The normalized spacial score (nSPS) is 12.5. The standard InChI is InChI=1S/C13H7Br2Cl2I/c14-10-3-2-8(18)6-9(10)13(15)7-1-4-11(16)12(17)5-7/h1-6,13H. The maximum absolute atomic E-state index is 6.05. The summed E-state index contributed by atoms with van der Waals surface area (Å²) in [4.78, 5) is 0.0800. The highest BCUT2D eigenvalue weighted by atomic mass is 127. The fraction of sp³-hybridized carbons (Fsp3) is 0.0769. The van der Waals surface area contributed by atoms with Crippen molar-refractivity contribution < 1.29 is 0 Å². The minimum atomic E-state index is 0.0800. The molecule has 1 atom stereocenters. The molecule has 0 radical (unpaired) electrons. The Kier molecular flexibility index (Phi) is 5.40. The van der Waals surface area contributed by atoms with Gasteiger partial charge in [-0.1, -0.05) is 61.1 Å². The van der Waals surface area contributed by atoms with Gasteiger partial charge in [0.2, 0.25) is 0 Å². The molecule has 0 saturated carbocycles. The second-order valence-electron chi connectivity index (χ2n) is 3.70. The quantitative estimate of drug-likeness (QED) is 0.300. The molecule has 0 aliphatic rings. The molecule has 0 N–H and O–H groups in total. The first-order valence-electron chi connectivity index (χ1n) is 5.03. The molecule has 0 fully saturated rings. The molecule has 0 spiro atoms. The van der Waals surface area contributed by atoms with E-state index in [0.717, 1.165) is 10.0 Å². The van der Waals surface area contributed by atoms with Crippen LogP contribution in [0.1, 0.15) is 16.0 Å². The first kappa shape index (κ1) is 15.1. The minimum absolute atomic E-state index is 0.0800. The number of benzene rings is 2. The highest BCUT2D eigenvalue weighted by Gasteiger charge is 2.15. The predicted molar refractivity (Wildman–Crippen MR) is 94.1 cm³/mol. The van der Waals surface area contributed by atoms with Gasteiger partial charge in [-0.15, -0.1) is 0 Å². The molecule has 0 amide bonds. The monoisotopic (exact) mass is 518 g/mol. The summed E-state index contributed by atoms with van der Waals surface area (Å²) in [6.07, 6.45) is 0. The number of rotatable bonds is 2. The molecule has 1 unspecified atom stereocenters. The molecule has 2 aromatic rings. The van der Waals surface area contributed by atoms with Crippen molar-refractivity contribution in [2.75, 3.05) is 0 Å². The largest absolute Gasteiger partial charge is 0.0827 e. The van der Waals surface area contributed by atoms with Crippen LogP contribution in [-0.2, 0) is 0 Å². The smallest absolute Gasteiger partial charge is 0.0656 e.